The number of nitrogens with zero attached hydrogens (tertiary/aromatic N) is 3. The van der Waals surface area contributed by atoms with Gasteiger partial charge in [0.25, 0.3) is 5.91 Å². The Hall–Kier alpha value is -3.37. The average molecular weight is 495 g/mol. The lowest BCUT2D eigenvalue weighted by molar-refractivity contribution is -0.120. The summed E-state index contributed by atoms with van der Waals surface area (Å²) in [5, 5.41) is 5.74. The number of carbonyl (C=O) groups is 2. The maximum absolute atomic E-state index is 12.7. The molecule has 34 heavy (non-hydrogen) atoms. The molecule has 0 saturated carbocycles. The summed E-state index contributed by atoms with van der Waals surface area (Å²) in [6.45, 7) is 0. The SMILES string of the molecule is CNC(=O)CCCCC[C@H](NC(=O)c1cncs1)c1ncc(-c2ccc(-c3cncs3)cc2)[nH]1. The van der Waals surface area contributed by atoms with Crippen molar-refractivity contribution in [2.24, 2.45) is 0 Å². The molecule has 0 aliphatic rings. The highest BCUT2D eigenvalue weighted by atomic mass is 32.1. The second kappa shape index (κ2) is 11.7. The number of carbonyl (C=O) groups excluding carboxylic acids is 2. The molecule has 8 nitrogen and oxygen atoms in total. The fraction of sp³-hybridized carbons (Fsp3) is 0.292. The van der Waals surface area contributed by atoms with Crippen molar-refractivity contribution < 1.29 is 9.59 Å². The molecule has 0 spiro atoms. The predicted octanol–water partition coefficient (Wildman–Crippen LogP) is 4.82. The Morgan fingerprint density at radius 1 is 0.971 bits per heavy atom. The molecule has 0 aliphatic carbocycles. The van der Waals surface area contributed by atoms with Gasteiger partial charge in [-0.25, -0.2) is 4.98 Å². The predicted molar refractivity (Wildman–Crippen MR) is 135 cm³/mol. The van der Waals surface area contributed by atoms with Crippen LogP contribution < -0.4 is 10.6 Å². The van der Waals surface area contributed by atoms with Crippen molar-refractivity contribution >= 4 is 34.5 Å². The van der Waals surface area contributed by atoms with Crippen molar-refractivity contribution in [2.45, 2.75) is 38.1 Å². The minimum atomic E-state index is -0.264. The third kappa shape index (κ3) is 6.15. The van der Waals surface area contributed by atoms with Crippen LogP contribution in [0.15, 0.2) is 53.9 Å². The summed E-state index contributed by atoms with van der Waals surface area (Å²) in [6.07, 6.45) is 9.03. The van der Waals surface area contributed by atoms with Crippen LogP contribution in [0.1, 0.15) is 53.6 Å². The summed E-state index contributed by atoms with van der Waals surface area (Å²) in [4.78, 5) is 41.9. The quantitative estimate of drug-likeness (QED) is 0.259. The standard InChI is InChI=1S/C24H26N6O2S2/c1-25-22(31)6-4-2-3-5-18(30-24(32)21-13-27-15-34-21)23-28-11-19(29-23)16-7-9-17(10-8-16)20-12-26-14-33-20/h7-15,18H,2-6H2,1H3,(H,25,31)(H,28,29)(H,30,32)/t18-/m0/s1. The molecule has 4 aromatic rings. The molecular weight excluding hydrogens is 468 g/mol. The number of aromatic amines is 1. The highest BCUT2D eigenvalue weighted by Gasteiger charge is 2.20. The van der Waals surface area contributed by atoms with E-state index < -0.39 is 0 Å². The molecule has 0 fully saturated rings. The van der Waals surface area contributed by atoms with Gasteiger partial charge in [0.15, 0.2) is 0 Å². The number of unbranched alkanes of at least 4 members (excludes halogenated alkanes) is 2. The number of amides is 2. The molecular formula is C24H26N6O2S2. The zero-order valence-corrected chi connectivity index (χ0v) is 20.4. The van der Waals surface area contributed by atoms with Crippen LogP contribution in [0.2, 0.25) is 0 Å². The monoisotopic (exact) mass is 494 g/mol. The number of imidazole rings is 1. The third-order valence-corrected chi connectivity index (χ3v) is 7.07. The topological polar surface area (TPSA) is 113 Å². The Kier molecular flexibility index (Phi) is 8.16. The van der Waals surface area contributed by atoms with E-state index in [4.69, 9.17) is 0 Å². The van der Waals surface area contributed by atoms with Gasteiger partial charge in [0.05, 0.1) is 40.0 Å². The second-order valence-corrected chi connectivity index (χ2v) is 9.56. The van der Waals surface area contributed by atoms with Crippen LogP contribution in [0.5, 0.6) is 0 Å². The van der Waals surface area contributed by atoms with Gasteiger partial charge in [0, 0.05) is 19.7 Å². The molecule has 176 valence electrons. The molecule has 0 saturated heterocycles. The normalized spacial score (nSPS) is 11.8. The fourth-order valence-corrected chi connectivity index (χ4v) is 4.76. The first-order chi connectivity index (χ1) is 16.6. The first-order valence-electron chi connectivity index (χ1n) is 11.1. The highest BCUT2D eigenvalue weighted by Crippen LogP contribution is 2.27. The van der Waals surface area contributed by atoms with Gasteiger partial charge in [-0.15, -0.1) is 22.7 Å². The first-order valence-corrected chi connectivity index (χ1v) is 12.8. The van der Waals surface area contributed by atoms with Crippen LogP contribution in [-0.4, -0.2) is 38.8 Å². The third-order valence-electron chi connectivity index (χ3n) is 5.48. The van der Waals surface area contributed by atoms with Crippen LogP contribution in [0.4, 0.5) is 0 Å². The largest absolute Gasteiger partial charge is 0.359 e. The Morgan fingerprint density at radius 2 is 1.74 bits per heavy atom. The number of thiazole rings is 2. The summed E-state index contributed by atoms with van der Waals surface area (Å²) < 4.78 is 0. The molecule has 0 radical (unpaired) electrons. The van der Waals surface area contributed by atoms with E-state index in [2.05, 4.69) is 54.8 Å². The van der Waals surface area contributed by atoms with Gasteiger partial charge < -0.3 is 15.6 Å². The lowest BCUT2D eigenvalue weighted by atomic mass is 10.1. The molecule has 3 heterocycles. The lowest BCUT2D eigenvalue weighted by Gasteiger charge is -2.16. The van der Waals surface area contributed by atoms with E-state index in [-0.39, 0.29) is 17.9 Å². The summed E-state index contributed by atoms with van der Waals surface area (Å²) in [5.41, 5.74) is 6.50. The van der Waals surface area contributed by atoms with E-state index in [1.165, 1.54) is 11.3 Å². The molecule has 1 aromatic carbocycles. The Balaban J connectivity index is 1.44. The van der Waals surface area contributed by atoms with Gasteiger partial charge in [0.1, 0.15) is 10.7 Å². The van der Waals surface area contributed by atoms with E-state index in [1.54, 1.807) is 36.3 Å². The van der Waals surface area contributed by atoms with Crippen molar-refractivity contribution in [1.82, 2.24) is 30.6 Å². The molecule has 3 aromatic heterocycles. The molecule has 0 bridgehead atoms. The molecule has 10 heteroatoms. The molecule has 2 amide bonds. The maximum Gasteiger partial charge on any atom is 0.263 e. The number of H-pyrrole nitrogens is 1. The summed E-state index contributed by atoms with van der Waals surface area (Å²) in [7, 11) is 1.65. The molecule has 0 unspecified atom stereocenters. The van der Waals surface area contributed by atoms with Gasteiger partial charge in [-0.1, -0.05) is 37.1 Å². The Morgan fingerprint density at radius 3 is 2.44 bits per heavy atom. The van der Waals surface area contributed by atoms with Crippen molar-refractivity contribution in [3.63, 3.8) is 0 Å². The number of benzene rings is 1. The van der Waals surface area contributed by atoms with E-state index in [0.717, 1.165) is 47.4 Å². The van der Waals surface area contributed by atoms with Gasteiger partial charge >= 0.3 is 0 Å². The smallest absolute Gasteiger partial charge is 0.263 e. The molecule has 1 atom stereocenters. The molecule has 4 rings (SSSR count). The fourth-order valence-electron chi connectivity index (χ4n) is 3.60. The number of hydrogen-bond donors (Lipinski definition) is 3. The zero-order valence-electron chi connectivity index (χ0n) is 18.8. The van der Waals surface area contributed by atoms with Gasteiger partial charge in [-0.05, 0) is 24.0 Å². The number of rotatable bonds is 11. The van der Waals surface area contributed by atoms with E-state index in [1.807, 2.05) is 11.7 Å². The van der Waals surface area contributed by atoms with E-state index in [9.17, 15) is 9.59 Å². The van der Waals surface area contributed by atoms with Crippen molar-refractivity contribution in [3.05, 3.63) is 64.6 Å². The summed E-state index contributed by atoms with van der Waals surface area (Å²) in [6, 6.07) is 7.98. The summed E-state index contributed by atoms with van der Waals surface area (Å²) in [5.74, 6) is 0.600. The number of nitrogens with one attached hydrogen (secondary N) is 3. The van der Waals surface area contributed by atoms with Gasteiger partial charge in [-0.2, -0.15) is 0 Å². The van der Waals surface area contributed by atoms with E-state index >= 15 is 0 Å². The highest BCUT2D eigenvalue weighted by molar-refractivity contribution is 7.13. The lowest BCUT2D eigenvalue weighted by Crippen LogP contribution is -2.28. The van der Waals surface area contributed by atoms with Crippen molar-refractivity contribution in [3.8, 4) is 21.7 Å². The first kappa shape index (κ1) is 23.8. The van der Waals surface area contributed by atoms with Gasteiger partial charge in [-0.3, -0.25) is 19.6 Å². The van der Waals surface area contributed by atoms with Gasteiger partial charge in [0.2, 0.25) is 5.91 Å². The van der Waals surface area contributed by atoms with Crippen LogP contribution >= 0.6 is 22.7 Å². The number of hydrogen-bond acceptors (Lipinski definition) is 7. The average Bonchev–Trinajstić information content (AvgIpc) is 3.65. The minimum Gasteiger partial charge on any atom is -0.359 e. The van der Waals surface area contributed by atoms with Crippen molar-refractivity contribution in [1.29, 1.82) is 0 Å². The Labute approximate surface area is 205 Å². The minimum absolute atomic E-state index is 0.0482. The number of aromatic nitrogens is 4. The van der Waals surface area contributed by atoms with E-state index in [0.29, 0.717) is 17.1 Å². The Bertz CT molecular complexity index is 1190. The van der Waals surface area contributed by atoms with Crippen LogP contribution in [-0.2, 0) is 4.79 Å². The molecule has 3 N–H and O–H groups in total. The second-order valence-electron chi connectivity index (χ2n) is 7.79. The van der Waals surface area contributed by atoms with Crippen LogP contribution in [0.3, 0.4) is 0 Å². The molecule has 0 aliphatic heterocycles. The van der Waals surface area contributed by atoms with Crippen LogP contribution in [0, 0.1) is 0 Å². The maximum atomic E-state index is 12.7. The van der Waals surface area contributed by atoms with Crippen LogP contribution in [0.25, 0.3) is 21.7 Å². The summed E-state index contributed by atoms with van der Waals surface area (Å²) >= 11 is 2.91. The zero-order chi connectivity index (χ0) is 23.8. The van der Waals surface area contributed by atoms with Crippen molar-refractivity contribution in [2.75, 3.05) is 7.05 Å².